The summed E-state index contributed by atoms with van der Waals surface area (Å²) in [6, 6.07) is 7.72. The number of benzene rings is 1. The predicted molar refractivity (Wildman–Crippen MR) is 92.0 cm³/mol. The summed E-state index contributed by atoms with van der Waals surface area (Å²) in [6.07, 6.45) is 0.690. The number of rotatable bonds is 6. The van der Waals surface area contributed by atoms with Gasteiger partial charge in [-0.2, -0.15) is 13.5 Å². The summed E-state index contributed by atoms with van der Waals surface area (Å²) in [4.78, 5) is 2.10. The summed E-state index contributed by atoms with van der Waals surface area (Å²) < 4.78 is 5.23. The lowest BCUT2D eigenvalue weighted by Gasteiger charge is -2.35. The highest BCUT2D eigenvalue weighted by atomic mass is 32.1. The van der Waals surface area contributed by atoms with Crippen LogP contribution in [0.4, 0.5) is 0 Å². The van der Waals surface area contributed by atoms with E-state index in [4.69, 9.17) is 4.74 Å². The predicted octanol–water partition coefficient (Wildman–Crippen LogP) is 3.24. The standard InChI is InChI=1S/C15H25NO2.CH4.H2S/c1-6-15(17,12(2)11-16(3)4)13-8-7-9-14(10-13)18-5;;/h7-10,12,17H,6,11H2,1-5H3;1H4;1H2/t12-,15-;;/m1../s1. The third-order valence-electron chi connectivity index (χ3n) is 3.56. The number of methoxy groups -OCH3 is 1. The molecule has 0 fully saturated rings. The van der Waals surface area contributed by atoms with Gasteiger partial charge in [-0.05, 0) is 38.2 Å². The van der Waals surface area contributed by atoms with Crippen LogP contribution in [-0.4, -0.2) is 37.8 Å². The van der Waals surface area contributed by atoms with Gasteiger partial charge in [0.2, 0.25) is 0 Å². The van der Waals surface area contributed by atoms with Crippen molar-refractivity contribution in [1.82, 2.24) is 4.90 Å². The molecule has 1 rings (SSSR count). The first kappa shape index (κ1) is 21.6. The van der Waals surface area contributed by atoms with Crippen LogP contribution in [-0.2, 0) is 5.60 Å². The minimum atomic E-state index is -0.807. The fraction of sp³-hybridized carbons (Fsp3) is 0.625. The Kier molecular flexibility index (Phi) is 10.0. The lowest BCUT2D eigenvalue weighted by molar-refractivity contribution is -0.0293. The SMILES string of the molecule is C.CC[C@](O)(c1cccc(OC)c1)[C@H](C)CN(C)C.S. The van der Waals surface area contributed by atoms with Crippen molar-refractivity contribution < 1.29 is 9.84 Å². The largest absolute Gasteiger partial charge is 0.497 e. The van der Waals surface area contributed by atoms with Crippen molar-refractivity contribution in [3.05, 3.63) is 29.8 Å². The van der Waals surface area contributed by atoms with Crippen LogP contribution in [0.3, 0.4) is 0 Å². The van der Waals surface area contributed by atoms with Gasteiger partial charge in [0.1, 0.15) is 5.75 Å². The molecule has 0 aliphatic rings. The lowest BCUT2D eigenvalue weighted by atomic mass is 9.80. The molecule has 1 aromatic rings. The van der Waals surface area contributed by atoms with Gasteiger partial charge in [-0.25, -0.2) is 0 Å². The Bertz CT molecular complexity index is 384. The maximum Gasteiger partial charge on any atom is 0.119 e. The summed E-state index contributed by atoms with van der Waals surface area (Å²) in [5, 5.41) is 10.9. The van der Waals surface area contributed by atoms with Crippen molar-refractivity contribution in [1.29, 1.82) is 0 Å². The van der Waals surface area contributed by atoms with Gasteiger partial charge in [0.15, 0.2) is 0 Å². The Labute approximate surface area is 131 Å². The third kappa shape index (κ3) is 5.00. The fourth-order valence-corrected chi connectivity index (χ4v) is 2.43. The Morgan fingerprint density at radius 3 is 2.40 bits per heavy atom. The number of aliphatic hydroxyl groups is 1. The summed E-state index contributed by atoms with van der Waals surface area (Å²) in [5.74, 6) is 0.945. The molecule has 0 aliphatic carbocycles. The summed E-state index contributed by atoms with van der Waals surface area (Å²) in [7, 11) is 5.70. The van der Waals surface area contributed by atoms with Crippen LogP contribution in [0.1, 0.15) is 33.3 Å². The Hall–Kier alpha value is -0.710. The van der Waals surface area contributed by atoms with E-state index in [9.17, 15) is 5.11 Å². The molecule has 0 saturated heterocycles. The molecule has 0 amide bonds. The molecule has 1 N–H and O–H groups in total. The van der Waals surface area contributed by atoms with Crippen molar-refractivity contribution in [2.75, 3.05) is 27.7 Å². The Morgan fingerprint density at radius 1 is 1.35 bits per heavy atom. The average molecular weight is 301 g/mol. The average Bonchev–Trinajstić information content (AvgIpc) is 2.37. The second kappa shape index (κ2) is 9.27. The van der Waals surface area contributed by atoms with Gasteiger partial charge in [0, 0.05) is 12.5 Å². The van der Waals surface area contributed by atoms with E-state index in [0.29, 0.717) is 6.42 Å². The second-order valence-electron chi connectivity index (χ2n) is 5.17. The Balaban J connectivity index is 0. The van der Waals surface area contributed by atoms with Gasteiger partial charge in [-0.1, -0.05) is 33.4 Å². The molecule has 20 heavy (non-hydrogen) atoms. The molecule has 3 nitrogen and oxygen atoms in total. The smallest absolute Gasteiger partial charge is 0.119 e. The molecule has 2 atom stereocenters. The van der Waals surface area contributed by atoms with Crippen LogP contribution >= 0.6 is 13.5 Å². The highest BCUT2D eigenvalue weighted by Gasteiger charge is 2.34. The molecule has 4 heteroatoms. The van der Waals surface area contributed by atoms with Crippen molar-refractivity contribution in [3.8, 4) is 5.75 Å². The molecule has 0 bridgehead atoms. The normalized spacial score (nSPS) is 14.8. The molecule has 0 aromatic heterocycles. The summed E-state index contributed by atoms with van der Waals surface area (Å²) in [5.41, 5.74) is 0.123. The first-order chi connectivity index (χ1) is 8.43. The van der Waals surface area contributed by atoms with E-state index in [0.717, 1.165) is 17.9 Å². The van der Waals surface area contributed by atoms with Gasteiger partial charge in [-0.15, -0.1) is 0 Å². The van der Waals surface area contributed by atoms with E-state index in [1.165, 1.54) is 0 Å². The van der Waals surface area contributed by atoms with Crippen LogP contribution in [0, 0.1) is 5.92 Å². The fourth-order valence-electron chi connectivity index (χ4n) is 2.43. The summed E-state index contributed by atoms with van der Waals surface area (Å²) in [6.45, 7) is 4.95. The molecule has 1 aromatic carbocycles. The molecule has 0 unspecified atom stereocenters. The van der Waals surface area contributed by atoms with E-state index in [1.807, 2.05) is 45.3 Å². The Morgan fingerprint density at radius 2 is 1.95 bits per heavy atom. The molecule has 118 valence electrons. The zero-order chi connectivity index (χ0) is 13.8. The van der Waals surface area contributed by atoms with Crippen molar-refractivity contribution >= 4 is 13.5 Å². The van der Waals surface area contributed by atoms with Gasteiger partial charge in [-0.3, -0.25) is 0 Å². The summed E-state index contributed by atoms with van der Waals surface area (Å²) >= 11 is 0. The van der Waals surface area contributed by atoms with E-state index in [-0.39, 0.29) is 26.8 Å². The molecule has 0 saturated carbocycles. The molecular formula is C16H31NO2S. The zero-order valence-corrected chi connectivity index (χ0v) is 13.6. The third-order valence-corrected chi connectivity index (χ3v) is 3.56. The van der Waals surface area contributed by atoms with Crippen molar-refractivity contribution in [3.63, 3.8) is 0 Å². The molecule has 0 aliphatic heterocycles. The number of hydrogen-bond donors (Lipinski definition) is 1. The van der Waals surface area contributed by atoms with Crippen molar-refractivity contribution in [2.45, 2.75) is 33.3 Å². The van der Waals surface area contributed by atoms with Gasteiger partial charge in [0.05, 0.1) is 12.7 Å². The van der Waals surface area contributed by atoms with E-state index in [1.54, 1.807) is 7.11 Å². The molecule has 0 radical (unpaired) electrons. The number of hydrogen-bond acceptors (Lipinski definition) is 3. The van der Waals surface area contributed by atoms with E-state index < -0.39 is 5.60 Å². The van der Waals surface area contributed by atoms with Crippen LogP contribution in [0.25, 0.3) is 0 Å². The van der Waals surface area contributed by atoms with Crippen LogP contribution in [0.5, 0.6) is 5.75 Å². The van der Waals surface area contributed by atoms with Gasteiger partial charge < -0.3 is 14.7 Å². The molecule has 0 heterocycles. The monoisotopic (exact) mass is 301 g/mol. The van der Waals surface area contributed by atoms with E-state index in [2.05, 4.69) is 11.8 Å². The highest BCUT2D eigenvalue weighted by Crippen LogP contribution is 2.34. The molecular weight excluding hydrogens is 270 g/mol. The highest BCUT2D eigenvalue weighted by molar-refractivity contribution is 7.59. The van der Waals surface area contributed by atoms with E-state index >= 15 is 0 Å². The van der Waals surface area contributed by atoms with Crippen LogP contribution < -0.4 is 4.74 Å². The van der Waals surface area contributed by atoms with Crippen molar-refractivity contribution in [2.24, 2.45) is 5.92 Å². The van der Waals surface area contributed by atoms with Gasteiger partial charge >= 0.3 is 0 Å². The topological polar surface area (TPSA) is 32.7 Å². The minimum Gasteiger partial charge on any atom is -0.497 e. The maximum atomic E-state index is 10.9. The number of ether oxygens (including phenoxy) is 1. The van der Waals surface area contributed by atoms with Crippen LogP contribution in [0.15, 0.2) is 24.3 Å². The lowest BCUT2D eigenvalue weighted by Crippen LogP contribution is -2.38. The first-order valence-corrected chi connectivity index (χ1v) is 6.45. The quantitative estimate of drug-likeness (QED) is 0.875. The number of nitrogens with zero attached hydrogens (tertiary/aromatic N) is 1. The van der Waals surface area contributed by atoms with Crippen LogP contribution in [0.2, 0.25) is 0 Å². The van der Waals surface area contributed by atoms with Gasteiger partial charge in [0.25, 0.3) is 0 Å². The second-order valence-corrected chi connectivity index (χ2v) is 5.17. The minimum absolute atomic E-state index is 0. The zero-order valence-electron chi connectivity index (χ0n) is 12.6. The maximum absolute atomic E-state index is 10.9. The molecule has 0 spiro atoms. The first-order valence-electron chi connectivity index (χ1n) is 6.45.